The molecule has 3 aliphatic heterocycles. The van der Waals surface area contributed by atoms with Gasteiger partial charge in [-0.15, -0.1) is 0 Å². The molecule has 26 heavy (non-hydrogen) atoms. The van der Waals surface area contributed by atoms with Gasteiger partial charge in [0.15, 0.2) is 0 Å². The molecule has 6 heteroatoms. The van der Waals surface area contributed by atoms with Crippen LogP contribution in [0.2, 0.25) is 0 Å². The number of likely N-dealkylation sites (tertiary alicyclic amines) is 3. The summed E-state index contributed by atoms with van der Waals surface area (Å²) in [5.74, 6) is 0.158. The van der Waals surface area contributed by atoms with Crippen molar-refractivity contribution in [1.29, 1.82) is 5.26 Å². The first-order chi connectivity index (χ1) is 12.6. The molecule has 136 valence electrons. The molecule has 0 N–H and O–H groups in total. The Bertz CT molecular complexity index is 727. The molecule has 0 aromatic heterocycles. The van der Waals surface area contributed by atoms with Crippen molar-refractivity contribution in [1.82, 2.24) is 14.7 Å². The summed E-state index contributed by atoms with van der Waals surface area (Å²) in [5.41, 5.74) is 1.85. The maximum Gasteiger partial charge on any atom is 0.227 e. The molecular formula is C20H24N4O2. The van der Waals surface area contributed by atoms with Crippen LogP contribution >= 0.6 is 0 Å². The quantitative estimate of drug-likeness (QED) is 0.817. The molecule has 1 atom stereocenters. The zero-order valence-electron chi connectivity index (χ0n) is 14.9. The zero-order valence-corrected chi connectivity index (χ0v) is 14.9. The number of nitriles is 1. The lowest BCUT2D eigenvalue weighted by molar-refractivity contribution is -0.135. The third-order valence-corrected chi connectivity index (χ3v) is 5.79. The van der Waals surface area contributed by atoms with Crippen LogP contribution in [0.25, 0.3) is 0 Å². The number of benzene rings is 1. The maximum absolute atomic E-state index is 12.5. The molecule has 0 aliphatic carbocycles. The van der Waals surface area contributed by atoms with Crippen LogP contribution in [0.15, 0.2) is 24.3 Å². The van der Waals surface area contributed by atoms with E-state index in [9.17, 15) is 9.59 Å². The van der Waals surface area contributed by atoms with E-state index in [1.165, 1.54) is 5.56 Å². The van der Waals surface area contributed by atoms with Crippen LogP contribution < -0.4 is 0 Å². The second-order valence-corrected chi connectivity index (χ2v) is 7.64. The second kappa shape index (κ2) is 7.08. The number of hydrogen-bond acceptors (Lipinski definition) is 4. The van der Waals surface area contributed by atoms with Crippen molar-refractivity contribution in [2.24, 2.45) is 5.92 Å². The predicted molar refractivity (Wildman–Crippen MR) is 95.9 cm³/mol. The second-order valence-electron chi connectivity index (χ2n) is 7.64. The number of carbonyl (C=O) groups is 2. The van der Waals surface area contributed by atoms with Gasteiger partial charge in [-0.05, 0) is 30.5 Å². The first-order valence-corrected chi connectivity index (χ1v) is 9.43. The summed E-state index contributed by atoms with van der Waals surface area (Å²) >= 11 is 0. The number of carbonyl (C=O) groups excluding carboxylic acids is 2. The van der Waals surface area contributed by atoms with Crippen LogP contribution in [-0.4, -0.2) is 65.3 Å². The van der Waals surface area contributed by atoms with Gasteiger partial charge in [-0.2, -0.15) is 5.26 Å². The van der Waals surface area contributed by atoms with Gasteiger partial charge in [0, 0.05) is 45.7 Å². The summed E-state index contributed by atoms with van der Waals surface area (Å²) < 4.78 is 0. The van der Waals surface area contributed by atoms with Gasteiger partial charge in [0.25, 0.3) is 0 Å². The molecule has 3 heterocycles. The van der Waals surface area contributed by atoms with Crippen LogP contribution in [0, 0.1) is 17.2 Å². The lowest BCUT2D eigenvalue weighted by Crippen LogP contribution is -2.59. The Morgan fingerprint density at radius 3 is 2.46 bits per heavy atom. The normalized spacial score (nSPS) is 24.0. The molecule has 1 unspecified atom stereocenters. The number of amides is 2. The summed E-state index contributed by atoms with van der Waals surface area (Å²) in [7, 11) is 0. The van der Waals surface area contributed by atoms with E-state index in [1.807, 2.05) is 34.1 Å². The maximum atomic E-state index is 12.5. The first-order valence-electron chi connectivity index (χ1n) is 9.43. The van der Waals surface area contributed by atoms with Crippen molar-refractivity contribution >= 4 is 11.8 Å². The van der Waals surface area contributed by atoms with Crippen molar-refractivity contribution in [2.45, 2.75) is 31.8 Å². The topological polar surface area (TPSA) is 67.7 Å². The van der Waals surface area contributed by atoms with Gasteiger partial charge >= 0.3 is 0 Å². The van der Waals surface area contributed by atoms with Crippen LogP contribution in [0.1, 0.15) is 30.4 Å². The van der Waals surface area contributed by atoms with Gasteiger partial charge in [0.05, 0.1) is 23.6 Å². The molecule has 6 nitrogen and oxygen atoms in total. The highest BCUT2D eigenvalue weighted by Gasteiger charge is 2.43. The van der Waals surface area contributed by atoms with E-state index in [2.05, 4.69) is 11.0 Å². The van der Waals surface area contributed by atoms with Gasteiger partial charge in [0.1, 0.15) is 0 Å². The Morgan fingerprint density at radius 2 is 1.81 bits per heavy atom. The lowest BCUT2D eigenvalue weighted by Gasteiger charge is -2.44. The van der Waals surface area contributed by atoms with E-state index < -0.39 is 0 Å². The van der Waals surface area contributed by atoms with Gasteiger partial charge in [-0.3, -0.25) is 14.5 Å². The molecule has 0 spiro atoms. The average molecular weight is 352 g/mol. The van der Waals surface area contributed by atoms with E-state index in [4.69, 9.17) is 5.26 Å². The summed E-state index contributed by atoms with van der Waals surface area (Å²) in [5, 5.41) is 8.85. The molecule has 2 amide bonds. The molecule has 0 bridgehead atoms. The highest BCUT2D eigenvalue weighted by atomic mass is 16.2. The van der Waals surface area contributed by atoms with Crippen molar-refractivity contribution in [2.75, 3.05) is 32.7 Å². The van der Waals surface area contributed by atoms with Gasteiger partial charge in [-0.1, -0.05) is 12.1 Å². The molecule has 3 saturated heterocycles. The number of hydrogen-bond donors (Lipinski definition) is 0. The van der Waals surface area contributed by atoms with Crippen LogP contribution in [-0.2, 0) is 16.1 Å². The Morgan fingerprint density at radius 1 is 1.12 bits per heavy atom. The Labute approximate surface area is 154 Å². The minimum atomic E-state index is -0.145. The molecule has 3 fully saturated rings. The highest BCUT2D eigenvalue weighted by molar-refractivity contribution is 5.89. The fourth-order valence-electron chi connectivity index (χ4n) is 4.26. The minimum Gasteiger partial charge on any atom is -0.342 e. The van der Waals surface area contributed by atoms with E-state index in [0.717, 1.165) is 45.6 Å². The van der Waals surface area contributed by atoms with Crippen molar-refractivity contribution in [3.05, 3.63) is 35.4 Å². The Hall–Kier alpha value is -2.39. The Kier molecular flexibility index (Phi) is 4.64. The van der Waals surface area contributed by atoms with Gasteiger partial charge in [-0.25, -0.2) is 0 Å². The predicted octanol–water partition coefficient (Wildman–Crippen LogP) is 1.21. The smallest absolute Gasteiger partial charge is 0.227 e. The van der Waals surface area contributed by atoms with E-state index in [-0.39, 0.29) is 23.8 Å². The summed E-state index contributed by atoms with van der Waals surface area (Å²) in [6.45, 7) is 4.84. The molecule has 1 aromatic carbocycles. The molecule has 3 aliphatic rings. The summed E-state index contributed by atoms with van der Waals surface area (Å²) in [6.07, 6.45) is 2.55. The summed E-state index contributed by atoms with van der Waals surface area (Å²) in [4.78, 5) is 31.1. The van der Waals surface area contributed by atoms with Crippen LogP contribution in [0.5, 0.6) is 0 Å². The van der Waals surface area contributed by atoms with Crippen LogP contribution in [0.3, 0.4) is 0 Å². The first kappa shape index (κ1) is 17.0. The molecular weight excluding hydrogens is 328 g/mol. The van der Waals surface area contributed by atoms with E-state index in [1.54, 1.807) is 0 Å². The fourth-order valence-corrected chi connectivity index (χ4v) is 4.26. The third-order valence-electron chi connectivity index (χ3n) is 5.79. The largest absolute Gasteiger partial charge is 0.342 e. The van der Waals surface area contributed by atoms with Crippen molar-refractivity contribution in [3.8, 4) is 6.07 Å². The van der Waals surface area contributed by atoms with Gasteiger partial charge < -0.3 is 9.80 Å². The monoisotopic (exact) mass is 352 g/mol. The Balaban J connectivity index is 1.27. The SMILES string of the molecule is N#Cc1ccc(CN2CC(N3CC(C(=O)N4CCCC4)CC3=O)C2)cc1. The average Bonchev–Trinajstić information content (AvgIpc) is 3.28. The van der Waals surface area contributed by atoms with Crippen molar-refractivity contribution in [3.63, 3.8) is 0 Å². The fraction of sp³-hybridized carbons (Fsp3) is 0.550. The van der Waals surface area contributed by atoms with Crippen LogP contribution in [0.4, 0.5) is 0 Å². The van der Waals surface area contributed by atoms with Crippen molar-refractivity contribution < 1.29 is 9.59 Å². The lowest BCUT2D eigenvalue weighted by atomic mass is 10.0. The van der Waals surface area contributed by atoms with Gasteiger partial charge in [0.2, 0.25) is 11.8 Å². The molecule has 1 aromatic rings. The zero-order chi connectivity index (χ0) is 18.1. The standard InChI is InChI=1S/C20H24N4O2/c21-10-15-3-5-16(6-4-15)11-22-13-18(14-22)24-12-17(9-19(24)25)20(26)23-7-1-2-8-23/h3-6,17-18H,1-2,7-9,11-14H2. The van der Waals surface area contributed by atoms with E-state index >= 15 is 0 Å². The van der Waals surface area contributed by atoms with E-state index in [0.29, 0.717) is 18.5 Å². The molecule has 0 saturated carbocycles. The highest BCUT2D eigenvalue weighted by Crippen LogP contribution is 2.28. The minimum absolute atomic E-state index is 0.130. The molecule has 4 rings (SSSR count). The summed E-state index contributed by atoms with van der Waals surface area (Å²) in [6, 6.07) is 10.0. The number of nitrogens with zero attached hydrogens (tertiary/aromatic N) is 4. The molecule has 0 radical (unpaired) electrons. The third kappa shape index (κ3) is 3.32. The number of rotatable bonds is 4.